The van der Waals surface area contributed by atoms with Crippen LogP contribution in [0.25, 0.3) is 6.08 Å². The molecule has 0 bridgehead atoms. The second kappa shape index (κ2) is 7.88. The van der Waals surface area contributed by atoms with Gasteiger partial charge in [0.2, 0.25) is 0 Å². The van der Waals surface area contributed by atoms with E-state index in [4.69, 9.17) is 56.2 Å². The SMILES string of the molecule is CCN1C(=O)/C(=C\c2ccc(COc3c(Cl)cc(Cl)cc3Cl)o2)NC1=S. The fourth-order valence-electron chi connectivity index (χ4n) is 2.36. The number of likely N-dealkylation sites (N-methyl/N-ethyl adjacent to an activating group) is 1. The third-order valence-electron chi connectivity index (χ3n) is 3.57. The Bertz CT molecular complexity index is 887. The maximum Gasteiger partial charge on any atom is 0.276 e. The van der Waals surface area contributed by atoms with Crippen LogP contribution in [-0.4, -0.2) is 22.5 Å². The summed E-state index contributed by atoms with van der Waals surface area (Å²) in [6.07, 6.45) is 1.59. The number of furan rings is 1. The van der Waals surface area contributed by atoms with E-state index >= 15 is 0 Å². The molecule has 1 aliphatic rings. The Kier molecular flexibility index (Phi) is 5.77. The smallest absolute Gasteiger partial charge is 0.276 e. The Labute approximate surface area is 170 Å². The zero-order valence-electron chi connectivity index (χ0n) is 13.5. The molecule has 0 radical (unpaired) electrons. The van der Waals surface area contributed by atoms with Gasteiger partial charge in [-0.1, -0.05) is 34.8 Å². The van der Waals surface area contributed by atoms with E-state index in [2.05, 4.69) is 5.32 Å². The van der Waals surface area contributed by atoms with Gasteiger partial charge in [0.1, 0.15) is 23.8 Å². The van der Waals surface area contributed by atoms with Crippen molar-refractivity contribution in [2.45, 2.75) is 13.5 Å². The zero-order valence-corrected chi connectivity index (χ0v) is 16.6. The van der Waals surface area contributed by atoms with Crippen LogP contribution in [0, 0.1) is 0 Å². The second-order valence-electron chi connectivity index (χ2n) is 5.33. The molecule has 0 spiro atoms. The molecule has 1 aromatic carbocycles. The van der Waals surface area contributed by atoms with E-state index in [0.29, 0.717) is 49.7 Å². The summed E-state index contributed by atoms with van der Waals surface area (Å²) in [7, 11) is 0. The van der Waals surface area contributed by atoms with Gasteiger partial charge in [0, 0.05) is 17.6 Å². The van der Waals surface area contributed by atoms with E-state index in [-0.39, 0.29) is 12.5 Å². The number of hydrogen-bond donors (Lipinski definition) is 1. The van der Waals surface area contributed by atoms with Crippen molar-refractivity contribution in [3.05, 3.63) is 56.6 Å². The number of halogens is 3. The maximum absolute atomic E-state index is 12.2. The third-order valence-corrected chi connectivity index (χ3v) is 4.67. The van der Waals surface area contributed by atoms with Gasteiger partial charge in [-0.25, -0.2) is 0 Å². The zero-order chi connectivity index (χ0) is 18.8. The molecule has 9 heteroatoms. The minimum Gasteiger partial charge on any atom is -0.483 e. The lowest BCUT2D eigenvalue weighted by atomic mass is 10.3. The van der Waals surface area contributed by atoms with Crippen LogP contribution in [0.1, 0.15) is 18.4 Å². The monoisotopic (exact) mass is 430 g/mol. The number of benzene rings is 1. The molecule has 0 atom stereocenters. The average molecular weight is 432 g/mol. The van der Waals surface area contributed by atoms with Gasteiger partial charge in [-0.2, -0.15) is 0 Å². The highest BCUT2D eigenvalue weighted by molar-refractivity contribution is 7.80. The highest BCUT2D eigenvalue weighted by Crippen LogP contribution is 2.36. The highest BCUT2D eigenvalue weighted by atomic mass is 35.5. The lowest BCUT2D eigenvalue weighted by molar-refractivity contribution is -0.122. The van der Waals surface area contributed by atoms with Gasteiger partial charge in [0.15, 0.2) is 10.9 Å². The van der Waals surface area contributed by atoms with E-state index in [1.165, 1.54) is 4.90 Å². The van der Waals surface area contributed by atoms with Gasteiger partial charge in [0.25, 0.3) is 5.91 Å². The molecular formula is C17H13Cl3N2O3S. The van der Waals surface area contributed by atoms with Crippen LogP contribution in [-0.2, 0) is 11.4 Å². The summed E-state index contributed by atoms with van der Waals surface area (Å²) in [6, 6.07) is 6.55. The Morgan fingerprint density at radius 2 is 1.96 bits per heavy atom. The molecule has 1 N–H and O–H groups in total. The van der Waals surface area contributed by atoms with Crippen molar-refractivity contribution >= 4 is 64.1 Å². The van der Waals surface area contributed by atoms with Crippen LogP contribution in [0.4, 0.5) is 0 Å². The van der Waals surface area contributed by atoms with E-state index in [1.807, 2.05) is 6.92 Å². The van der Waals surface area contributed by atoms with Crippen molar-refractivity contribution < 1.29 is 13.9 Å². The van der Waals surface area contributed by atoms with Crippen molar-refractivity contribution in [3.63, 3.8) is 0 Å². The van der Waals surface area contributed by atoms with E-state index in [1.54, 1.807) is 30.3 Å². The summed E-state index contributed by atoms with van der Waals surface area (Å²) in [5.74, 6) is 1.17. The topological polar surface area (TPSA) is 54.7 Å². The summed E-state index contributed by atoms with van der Waals surface area (Å²) >= 11 is 23.1. The van der Waals surface area contributed by atoms with Gasteiger partial charge in [-0.15, -0.1) is 0 Å². The predicted molar refractivity (Wildman–Crippen MR) is 106 cm³/mol. The molecule has 1 amide bonds. The first kappa shape index (κ1) is 19.0. The van der Waals surface area contributed by atoms with Gasteiger partial charge in [0.05, 0.1) is 10.0 Å². The van der Waals surface area contributed by atoms with E-state index < -0.39 is 0 Å². The normalized spacial score (nSPS) is 15.7. The minimum atomic E-state index is -0.188. The highest BCUT2D eigenvalue weighted by Gasteiger charge is 2.29. The van der Waals surface area contributed by atoms with Crippen LogP contribution >= 0.6 is 47.0 Å². The average Bonchev–Trinajstić information content (AvgIpc) is 3.11. The van der Waals surface area contributed by atoms with Gasteiger partial charge >= 0.3 is 0 Å². The Morgan fingerprint density at radius 1 is 1.27 bits per heavy atom. The lowest BCUT2D eigenvalue weighted by Crippen LogP contribution is -2.30. The van der Waals surface area contributed by atoms with Crippen LogP contribution in [0.5, 0.6) is 5.75 Å². The molecule has 2 aromatic rings. The number of nitrogens with zero attached hydrogens (tertiary/aromatic N) is 1. The van der Waals surface area contributed by atoms with Crippen molar-refractivity contribution in [2.24, 2.45) is 0 Å². The number of carbonyl (C=O) groups is 1. The first-order valence-electron chi connectivity index (χ1n) is 7.59. The quantitative estimate of drug-likeness (QED) is 0.539. The fraction of sp³-hybridized carbons (Fsp3) is 0.176. The maximum atomic E-state index is 12.2. The standard InChI is InChI=1S/C17H13Cl3N2O3S/c1-2-22-16(23)14(21-17(22)26)7-10-3-4-11(25-10)8-24-15-12(19)5-9(18)6-13(15)20/h3-7H,2,8H2,1H3,(H,21,26)/b14-7+. The van der Waals surface area contributed by atoms with Crippen LogP contribution < -0.4 is 10.1 Å². The first-order valence-corrected chi connectivity index (χ1v) is 9.14. The summed E-state index contributed by atoms with van der Waals surface area (Å²) in [6.45, 7) is 2.47. The molecule has 1 saturated heterocycles. The molecule has 2 heterocycles. The summed E-state index contributed by atoms with van der Waals surface area (Å²) in [4.78, 5) is 13.6. The minimum absolute atomic E-state index is 0.116. The first-order chi connectivity index (χ1) is 12.4. The molecule has 136 valence electrons. The molecule has 26 heavy (non-hydrogen) atoms. The predicted octanol–water partition coefficient (Wildman–Crippen LogP) is 4.90. The molecule has 1 aliphatic heterocycles. The van der Waals surface area contributed by atoms with Crippen molar-refractivity contribution in [2.75, 3.05) is 6.54 Å². The lowest BCUT2D eigenvalue weighted by Gasteiger charge is -2.09. The number of rotatable bonds is 5. The molecule has 0 aliphatic carbocycles. The molecule has 1 aromatic heterocycles. The number of carbonyl (C=O) groups excluding carboxylic acids is 1. The van der Waals surface area contributed by atoms with Gasteiger partial charge < -0.3 is 14.5 Å². The number of thiocarbonyl (C=S) groups is 1. The Balaban J connectivity index is 1.71. The summed E-state index contributed by atoms with van der Waals surface area (Å²) < 4.78 is 11.3. The van der Waals surface area contributed by atoms with Crippen molar-refractivity contribution in [1.82, 2.24) is 10.2 Å². The van der Waals surface area contributed by atoms with Crippen molar-refractivity contribution in [1.29, 1.82) is 0 Å². The molecule has 5 nitrogen and oxygen atoms in total. The fourth-order valence-corrected chi connectivity index (χ4v) is 3.61. The number of ether oxygens (including phenoxy) is 1. The number of amides is 1. The molecular weight excluding hydrogens is 419 g/mol. The largest absolute Gasteiger partial charge is 0.483 e. The molecule has 3 rings (SSSR count). The summed E-state index contributed by atoms with van der Waals surface area (Å²) in [5, 5.41) is 4.30. The molecule has 0 unspecified atom stereocenters. The van der Waals surface area contributed by atoms with Crippen LogP contribution in [0.3, 0.4) is 0 Å². The number of nitrogens with one attached hydrogen (secondary N) is 1. The third kappa shape index (κ3) is 3.99. The summed E-state index contributed by atoms with van der Waals surface area (Å²) in [5.41, 5.74) is 0.363. The second-order valence-corrected chi connectivity index (χ2v) is 6.97. The van der Waals surface area contributed by atoms with Gasteiger partial charge in [-0.05, 0) is 43.4 Å². The van der Waals surface area contributed by atoms with E-state index in [0.717, 1.165) is 0 Å². The molecule has 0 saturated carbocycles. The Morgan fingerprint density at radius 3 is 2.58 bits per heavy atom. The van der Waals surface area contributed by atoms with Crippen LogP contribution in [0.15, 0.2) is 34.4 Å². The van der Waals surface area contributed by atoms with Crippen LogP contribution in [0.2, 0.25) is 15.1 Å². The van der Waals surface area contributed by atoms with Gasteiger partial charge in [-0.3, -0.25) is 9.69 Å². The Hall–Kier alpha value is -1.73. The van der Waals surface area contributed by atoms with E-state index in [9.17, 15) is 4.79 Å². The number of hydrogen-bond acceptors (Lipinski definition) is 4. The molecule has 1 fully saturated rings. The van der Waals surface area contributed by atoms with Crippen molar-refractivity contribution in [3.8, 4) is 5.75 Å².